The van der Waals surface area contributed by atoms with Crippen LogP contribution in [-0.4, -0.2) is 77.6 Å². The van der Waals surface area contributed by atoms with Crippen LogP contribution in [0.25, 0.3) is 10.9 Å². The summed E-state index contributed by atoms with van der Waals surface area (Å²) in [5, 5.41) is 7.39. The van der Waals surface area contributed by atoms with Crippen molar-refractivity contribution in [2.75, 3.05) is 43.4 Å². The first-order valence-electron chi connectivity index (χ1n) is 12.7. The highest BCUT2D eigenvalue weighted by atomic mass is 35.5. The number of halogens is 1. The number of pyridine rings is 1. The molecule has 1 aromatic heterocycles. The van der Waals surface area contributed by atoms with Gasteiger partial charge in [-0.3, -0.25) is 9.69 Å². The van der Waals surface area contributed by atoms with E-state index in [4.69, 9.17) is 17.3 Å². The molecule has 11 heteroatoms. The van der Waals surface area contributed by atoms with Crippen molar-refractivity contribution >= 4 is 52.0 Å². The molecule has 3 aliphatic rings. The third kappa shape index (κ3) is 5.13. The van der Waals surface area contributed by atoms with E-state index >= 15 is 0 Å². The van der Waals surface area contributed by atoms with Crippen LogP contribution in [-0.2, 0) is 4.79 Å². The van der Waals surface area contributed by atoms with Crippen molar-refractivity contribution in [3.8, 4) is 0 Å². The summed E-state index contributed by atoms with van der Waals surface area (Å²) in [7, 11) is 0. The SMILES string of the molecule is Nc1cc(N2CCN(C(=O)N[C@H]3CCCCN(C(=O)NC4CCC4)C3=O)CC2)c2ccc(Cl)cc2n1. The number of nitrogens with one attached hydrogen (secondary N) is 2. The molecule has 10 nitrogen and oxygen atoms in total. The van der Waals surface area contributed by atoms with Crippen molar-refractivity contribution in [2.45, 2.75) is 50.6 Å². The number of carbonyl (C=O) groups excluding carboxylic acids is 3. The smallest absolute Gasteiger partial charge is 0.324 e. The number of urea groups is 2. The van der Waals surface area contributed by atoms with Crippen LogP contribution in [0.4, 0.5) is 21.1 Å². The van der Waals surface area contributed by atoms with Crippen LogP contribution in [0, 0.1) is 0 Å². The number of benzene rings is 1. The number of hydrogen-bond acceptors (Lipinski definition) is 6. The molecule has 1 aromatic carbocycles. The number of amides is 5. The zero-order valence-electron chi connectivity index (χ0n) is 20.2. The van der Waals surface area contributed by atoms with E-state index in [1.54, 1.807) is 11.0 Å². The Bertz CT molecular complexity index is 1160. The van der Waals surface area contributed by atoms with E-state index < -0.39 is 6.04 Å². The Hall–Kier alpha value is -3.27. The molecule has 3 heterocycles. The number of imide groups is 1. The van der Waals surface area contributed by atoms with Crippen LogP contribution in [0.15, 0.2) is 24.3 Å². The number of piperazine rings is 1. The number of nitrogens with two attached hydrogens (primary N) is 1. The molecule has 4 N–H and O–H groups in total. The second-order valence-corrected chi connectivity index (χ2v) is 10.2. The molecule has 0 radical (unpaired) electrons. The molecule has 2 aromatic rings. The lowest BCUT2D eigenvalue weighted by molar-refractivity contribution is -0.129. The largest absolute Gasteiger partial charge is 0.384 e. The highest BCUT2D eigenvalue weighted by molar-refractivity contribution is 6.31. The third-order valence-corrected chi connectivity index (χ3v) is 7.58. The molecule has 0 spiro atoms. The predicted octanol–water partition coefficient (Wildman–Crippen LogP) is 2.95. The van der Waals surface area contributed by atoms with Crippen molar-refractivity contribution in [1.29, 1.82) is 0 Å². The number of rotatable bonds is 3. The second kappa shape index (κ2) is 10.4. The average molecular weight is 514 g/mol. The summed E-state index contributed by atoms with van der Waals surface area (Å²) in [6.45, 7) is 2.61. The van der Waals surface area contributed by atoms with Gasteiger partial charge in [-0.25, -0.2) is 14.6 Å². The molecule has 5 rings (SSSR count). The van der Waals surface area contributed by atoms with Gasteiger partial charge in [-0.1, -0.05) is 11.6 Å². The molecule has 1 aliphatic carbocycles. The van der Waals surface area contributed by atoms with Crippen molar-refractivity contribution < 1.29 is 14.4 Å². The lowest BCUT2D eigenvalue weighted by atomic mass is 9.93. The summed E-state index contributed by atoms with van der Waals surface area (Å²) in [5.41, 5.74) is 7.73. The lowest BCUT2D eigenvalue weighted by Gasteiger charge is -2.37. The van der Waals surface area contributed by atoms with E-state index in [1.165, 1.54) is 4.90 Å². The van der Waals surface area contributed by atoms with Gasteiger partial charge in [0.2, 0.25) is 0 Å². The topological polar surface area (TPSA) is 124 Å². The van der Waals surface area contributed by atoms with Gasteiger partial charge in [-0.15, -0.1) is 0 Å². The molecular weight excluding hydrogens is 482 g/mol. The summed E-state index contributed by atoms with van der Waals surface area (Å²) < 4.78 is 0. The van der Waals surface area contributed by atoms with Gasteiger partial charge in [-0.05, 0) is 56.7 Å². The predicted molar refractivity (Wildman–Crippen MR) is 139 cm³/mol. The Balaban J connectivity index is 1.20. The molecular formula is C25H32ClN7O3. The van der Waals surface area contributed by atoms with Gasteiger partial charge >= 0.3 is 12.1 Å². The maximum Gasteiger partial charge on any atom is 0.324 e. The summed E-state index contributed by atoms with van der Waals surface area (Å²) in [5.74, 6) is 0.0893. The molecule has 2 aliphatic heterocycles. The van der Waals surface area contributed by atoms with Gasteiger partial charge in [0, 0.05) is 60.9 Å². The fourth-order valence-corrected chi connectivity index (χ4v) is 5.20. The summed E-state index contributed by atoms with van der Waals surface area (Å²) in [4.78, 5) is 48.4. The normalized spacial score (nSPS) is 21.2. The first-order chi connectivity index (χ1) is 17.4. The van der Waals surface area contributed by atoms with Crippen LogP contribution >= 0.6 is 11.6 Å². The number of nitrogen functional groups attached to an aromatic ring is 1. The standard InChI is InChI=1S/C25H32ClN7O3/c26-16-7-8-18-20(14-16)29-22(27)15-21(18)31-10-12-32(13-11-31)24(35)30-19-6-1-2-9-33(23(19)34)25(36)28-17-4-3-5-17/h7-8,14-15,17,19H,1-6,9-13H2,(H2,27,29)(H,28,36)(H,30,35)/t19-/m0/s1. The average Bonchev–Trinajstić information content (AvgIpc) is 3.02. The monoisotopic (exact) mass is 513 g/mol. The lowest BCUT2D eigenvalue weighted by Crippen LogP contribution is -2.58. The van der Waals surface area contributed by atoms with Gasteiger partial charge in [-0.2, -0.15) is 0 Å². The molecule has 1 saturated carbocycles. The number of fused-ring (bicyclic) bond motifs is 1. The zero-order valence-corrected chi connectivity index (χ0v) is 21.0. The van der Waals surface area contributed by atoms with Crippen LogP contribution in [0.1, 0.15) is 38.5 Å². The molecule has 192 valence electrons. The van der Waals surface area contributed by atoms with Crippen LogP contribution < -0.4 is 21.3 Å². The number of nitrogens with zero attached hydrogens (tertiary/aromatic N) is 4. The molecule has 0 unspecified atom stereocenters. The number of likely N-dealkylation sites (tertiary alicyclic amines) is 1. The molecule has 36 heavy (non-hydrogen) atoms. The Morgan fingerprint density at radius 3 is 2.44 bits per heavy atom. The molecule has 5 amide bonds. The highest BCUT2D eigenvalue weighted by Gasteiger charge is 2.34. The van der Waals surface area contributed by atoms with Crippen molar-refractivity contribution in [1.82, 2.24) is 25.4 Å². The molecule has 3 fully saturated rings. The van der Waals surface area contributed by atoms with E-state index in [1.807, 2.05) is 18.2 Å². The van der Waals surface area contributed by atoms with Gasteiger partial charge in [0.25, 0.3) is 5.91 Å². The van der Waals surface area contributed by atoms with Crippen LogP contribution in [0.3, 0.4) is 0 Å². The first kappa shape index (κ1) is 24.4. The zero-order chi connectivity index (χ0) is 25.2. The molecule has 2 saturated heterocycles. The summed E-state index contributed by atoms with van der Waals surface area (Å²) >= 11 is 6.13. The van der Waals surface area contributed by atoms with E-state index in [9.17, 15) is 14.4 Å². The maximum absolute atomic E-state index is 13.1. The Morgan fingerprint density at radius 1 is 0.944 bits per heavy atom. The van der Waals surface area contributed by atoms with Gasteiger partial charge < -0.3 is 26.2 Å². The minimum Gasteiger partial charge on any atom is -0.384 e. The Labute approximate surface area is 215 Å². The second-order valence-electron chi connectivity index (χ2n) is 9.77. The van der Waals surface area contributed by atoms with Crippen molar-refractivity contribution in [2.24, 2.45) is 0 Å². The maximum atomic E-state index is 13.1. The molecule has 1 atom stereocenters. The fraction of sp³-hybridized carbons (Fsp3) is 0.520. The van der Waals surface area contributed by atoms with Gasteiger partial charge in [0.15, 0.2) is 0 Å². The quantitative estimate of drug-likeness (QED) is 0.579. The number of aromatic nitrogens is 1. The number of hydrogen-bond donors (Lipinski definition) is 3. The van der Waals surface area contributed by atoms with E-state index in [-0.39, 0.29) is 24.0 Å². The Kier molecular flexibility index (Phi) is 7.04. The number of anilines is 2. The first-order valence-corrected chi connectivity index (χ1v) is 13.0. The summed E-state index contributed by atoms with van der Waals surface area (Å²) in [6.07, 6.45) is 5.05. The van der Waals surface area contributed by atoms with Crippen LogP contribution in [0.2, 0.25) is 5.02 Å². The van der Waals surface area contributed by atoms with Crippen molar-refractivity contribution in [3.05, 3.63) is 29.3 Å². The van der Waals surface area contributed by atoms with E-state index in [2.05, 4.69) is 20.5 Å². The third-order valence-electron chi connectivity index (χ3n) is 7.34. The van der Waals surface area contributed by atoms with Gasteiger partial charge in [0.05, 0.1) is 5.52 Å². The van der Waals surface area contributed by atoms with E-state index in [0.29, 0.717) is 50.0 Å². The van der Waals surface area contributed by atoms with Crippen LogP contribution in [0.5, 0.6) is 0 Å². The highest BCUT2D eigenvalue weighted by Crippen LogP contribution is 2.30. The van der Waals surface area contributed by atoms with Crippen molar-refractivity contribution in [3.63, 3.8) is 0 Å². The fourth-order valence-electron chi connectivity index (χ4n) is 5.04. The van der Waals surface area contributed by atoms with E-state index in [0.717, 1.165) is 48.7 Å². The molecule has 0 bridgehead atoms. The van der Waals surface area contributed by atoms with Gasteiger partial charge in [0.1, 0.15) is 11.9 Å². The number of carbonyl (C=O) groups is 3. The summed E-state index contributed by atoms with van der Waals surface area (Å²) in [6, 6.07) is 6.24. The minimum absolute atomic E-state index is 0.155. The Morgan fingerprint density at radius 2 is 1.72 bits per heavy atom. The minimum atomic E-state index is -0.696.